The fraction of sp³-hybridized carbons (Fsp3) is 0.143. The molecule has 0 aliphatic rings. The Hall–Kier alpha value is -3.74. The number of benzene rings is 2. The van der Waals surface area contributed by atoms with Gasteiger partial charge in [-0.25, -0.2) is 4.68 Å². The lowest BCUT2D eigenvalue weighted by atomic mass is 10.0. The van der Waals surface area contributed by atoms with Crippen LogP contribution in [0.15, 0.2) is 65.3 Å². The third kappa shape index (κ3) is 3.83. The third-order valence-electron chi connectivity index (χ3n) is 4.40. The highest BCUT2D eigenvalue weighted by Crippen LogP contribution is 2.24. The van der Waals surface area contributed by atoms with Crippen molar-refractivity contribution < 1.29 is 9.21 Å². The number of rotatable bonds is 5. The molecule has 0 aliphatic heterocycles. The number of carbonyl (C=O) groups is 1. The van der Waals surface area contributed by atoms with E-state index in [1.165, 1.54) is 16.6 Å². The number of tetrazole rings is 1. The topological polar surface area (TPSA) is 85.8 Å². The predicted octanol–water partition coefficient (Wildman–Crippen LogP) is 3.47. The van der Waals surface area contributed by atoms with Gasteiger partial charge in [0, 0.05) is 5.56 Å². The molecule has 0 aliphatic carbocycles. The number of nitrogens with one attached hydrogen (secondary N) is 1. The van der Waals surface area contributed by atoms with Crippen molar-refractivity contribution in [3.05, 3.63) is 83.6 Å². The highest BCUT2D eigenvalue weighted by Gasteiger charge is 2.12. The number of carbonyl (C=O) groups excluding carboxylic acids is 1. The van der Waals surface area contributed by atoms with E-state index in [0.29, 0.717) is 23.6 Å². The van der Waals surface area contributed by atoms with E-state index in [1.807, 2.05) is 62.4 Å². The van der Waals surface area contributed by atoms with E-state index in [2.05, 4.69) is 20.8 Å². The molecule has 0 saturated carbocycles. The normalized spacial score (nSPS) is 10.8. The van der Waals surface area contributed by atoms with Crippen LogP contribution in [-0.4, -0.2) is 26.1 Å². The maximum Gasteiger partial charge on any atom is 0.251 e. The molecule has 0 saturated heterocycles. The summed E-state index contributed by atoms with van der Waals surface area (Å²) in [5.41, 5.74) is 4.32. The molecule has 7 heteroatoms. The van der Waals surface area contributed by atoms with Crippen LogP contribution in [0.3, 0.4) is 0 Å². The Balaban J connectivity index is 1.67. The Morgan fingerprint density at radius 2 is 1.86 bits per heavy atom. The maximum atomic E-state index is 12.8. The van der Waals surface area contributed by atoms with E-state index in [0.717, 1.165) is 16.9 Å². The number of amides is 1. The average Bonchev–Trinajstić information content (AvgIpc) is 3.38. The Morgan fingerprint density at radius 1 is 1.04 bits per heavy atom. The van der Waals surface area contributed by atoms with Gasteiger partial charge in [0.05, 0.1) is 12.2 Å². The van der Waals surface area contributed by atoms with E-state index in [1.54, 1.807) is 6.07 Å². The molecular formula is C21H19N5O2. The van der Waals surface area contributed by atoms with Gasteiger partial charge in [-0.05, 0) is 65.7 Å². The number of furan rings is 1. The van der Waals surface area contributed by atoms with Gasteiger partial charge in [0.15, 0.2) is 0 Å². The van der Waals surface area contributed by atoms with Gasteiger partial charge in [0.1, 0.15) is 17.8 Å². The lowest BCUT2D eigenvalue weighted by Gasteiger charge is -2.10. The van der Waals surface area contributed by atoms with Crippen molar-refractivity contribution in [3.8, 4) is 16.8 Å². The van der Waals surface area contributed by atoms with E-state index < -0.39 is 0 Å². The molecule has 7 nitrogen and oxygen atoms in total. The molecule has 4 rings (SSSR count). The molecule has 0 fully saturated rings. The Bertz CT molecular complexity index is 1100. The molecule has 2 heterocycles. The third-order valence-corrected chi connectivity index (χ3v) is 4.40. The van der Waals surface area contributed by atoms with Crippen LogP contribution in [-0.2, 0) is 6.54 Å². The van der Waals surface area contributed by atoms with Gasteiger partial charge in [0.2, 0.25) is 0 Å². The van der Waals surface area contributed by atoms with Gasteiger partial charge < -0.3 is 9.73 Å². The SMILES string of the molecule is Cc1ccc(-c2cc(C(=O)NCc3ccc(C)o3)cc(-n3cnnn3)c2)cc1. The summed E-state index contributed by atoms with van der Waals surface area (Å²) in [4.78, 5) is 12.8. The highest BCUT2D eigenvalue weighted by atomic mass is 16.3. The molecule has 28 heavy (non-hydrogen) atoms. The Morgan fingerprint density at radius 3 is 2.54 bits per heavy atom. The first kappa shape index (κ1) is 17.7. The second-order valence-corrected chi connectivity index (χ2v) is 6.58. The minimum atomic E-state index is -0.197. The van der Waals surface area contributed by atoms with Crippen molar-refractivity contribution >= 4 is 5.91 Å². The molecule has 2 aromatic heterocycles. The van der Waals surface area contributed by atoms with Crippen LogP contribution in [0.4, 0.5) is 0 Å². The molecule has 0 radical (unpaired) electrons. The minimum Gasteiger partial charge on any atom is -0.465 e. The van der Waals surface area contributed by atoms with Crippen LogP contribution in [0.2, 0.25) is 0 Å². The average molecular weight is 373 g/mol. The molecule has 4 aromatic rings. The van der Waals surface area contributed by atoms with Crippen LogP contribution < -0.4 is 5.32 Å². The smallest absolute Gasteiger partial charge is 0.251 e. The highest BCUT2D eigenvalue weighted by molar-refractivity contribution is 5.96. The van der Waals surface area contributed by atoms with Crippen LogP contribution in [0.5, 0.6) is 0 Å². The van der Waals surface area contributed by atoms with Crippen molar-refractivity contribution in [2.45, 2.75) is 20.4 Å². The fourth-order valence-corrected chi connectivity index (χ4v) is 2.92. The summed E-state index contributed by atoms with van der Waals surface area (Å²) in [6, 6.07) is 17.4. The summed E-state index contributed by atoms with van der Waals surface area (Å²) in [7, 11) is 0. The zero-order valence-electron chi connectivity index (χ0n) is 15.6. The van der Waals surface area contributed by atoms with Gasteiger partial charge in [0.25, 0.3) is 5.91 Å². The van der Waals surface area contributed by atoms with Crippen LogP contribution in [0.1, 0.15) is 27.4 Å². The lowest BCUT2D eigenvalue weighted by molar-refractivity contribution is 0.0948. The number of hydrogen-bond acceptors (Lipinski definition) is 5. The molecule has 1 N–H and O–H groups in total. The van der Waals surface area contributed by atoms with E-state index in [9.17, 15) is 4.79 Å². The van der Waals surface area contributed by atoms with E-state index >= 15 is 0 Å². The quantitative estimate of drug-likeness (QED) is 0.579. The first-order valence-electron chi connectivity index (χ1n) is 8.87. The van der Waals surface area contributed by atoms with Crippen LogP contribution >= 0.6 is 0 Å². The van der Waals surface area contributed by atoms with Gasteiger partial charge in [-0.15, -0.1) is 5.10 Å². The number of hydrogen-bond donors (Lipinski definition) is 1. The first-order chi connectivity index (χ1) is 13.6. The zero-order chi connectivity index (χ0) is 19.5. The Labute approximate surface area is 162 Å². The van der Waals surface area contributed by atoms with Crippen molar-refractivity contribution in [2.24, 2.45) is 0 Å². The molecule has 140 valence electrons. The van der Waals surface area contributed by atoms with Crippen LogP contribution in [0.25, 0.3) is 16.8 Å². The van der Waals surface area contributed by atoms with E-state index in [-0.39, 0.29) is 5.91 Å². The zero-order valence-corrected chi connectivity index (χ0v) is 15.6. The molecule has 1 amide bonds. The van der Waals surface area contributed by atoms with Crippen molar-refractivity contribution in [1.29, 1.82) is 0 Å². The summed E-state index contributed by atoms with van der Waals surface area (Å²) in [5, 5.41) is 14.2. The summed E-state index contributed by atoms with van der Waals surface area (Å²) in [5.74, 6) is 1.32. The summed E-state index contributed by atoms with van der Waals surface area (Å²) >= 11 is 0. The summed E-state index contributed by atoms with van der Waals surface area (Å²) in [6.07, 6.45) is 1.50. The monoisotopic (exact) mass is 373 g/mol. The molecule has 0 bridgehead atoms. The van der Waals surface area contributed by atoms with Crippen molar-refractivity contribution in [1.82, 2.24) is 25.5 Å². The first-order valence-corrected chi connectivity index (χ1v) is 8.87. The van der Waals surface area contributed by atoms with Crippen molar-refractivity contribution in [2.75, 3.05) is 0 Å². The van der Waals surface area contributed by atoms with Crippen molar-refractivity contribution in [3.63, 3.8) is 0 Å². The summed E-state index contributed by atoms with van der Waals surface area (Å²) in [6.45, 7) is 4.23. The number of nitrogens with zero attached hydrogens (tertiary/aromatic N) is 4. The van der Waals surface area contributed by atoms with Gasteiger partial charge >= 0.3 is 0 Å². The van der Waals surface area contributed by atoms with Gasteiger partial charge in [-0.3, -0.25) is 4.79 Å². The van der Waals surface area contributed by atoms with Gasteiger partial charge in [-0.1, -0.05) is 29.8 Å². The lowest BCUT2D eigenvalue weighted by Crippen LogP contribution is -2.22. The molecule has 0 atom stereocenters. The van der Waals surface area contributed by atoms with E-state index in [4.69, 9.17) is 4.42 Å². The Kier molecular flexibility index (Phi) is 4.72. The maximum absolute atomic E-state index is 12.8. The second-order valence-electron chi connectivity index (χ2n) is 6.58. The minimum absolute atomic E-state index is 0.197. The molecular weight excluding hydrogens is 354 g/mol. The second kappa shape index (κ2) is 7.48. The predicted molar refractivity (Wildman–Crippen MR) is 104 cm³/mol. The fourth-order valence-electron chi connectivity index (χ4n) is 2.92. The molecule has 0 spiro atoms. The summed E-state index contributed by atoms with van der Waals surface area (Å²) < 4.78 is 7.04. The van der Waals surface area contributed by atoms with Gasteiger partial charge in [-0.2, -0.15) is 0 Å². The number of aryl methyl sites for hydroxylation is 2. The largest absolute Gasteiger partial charge is 0.465 e. The molecule has 2 aromatic carbocycles. The standard InChI is InChI=1S/C21H19N5O2/c1-14-3-6-16(7-4-14)17-9-18(11-19(10-17)26-13-23-24-25-26)21(27)22-12-20-8-5-15(2)28-20/h3-11,13H,12H2,1-2H3,(H,22,27). The number of aromatic nitrogens is 4. The van der Waals surface area contributed by atoms with Crippen LogP contribution in [0, 0.1) is 13.8 Å². The molecule has 0 unspecified atom stereocenters.